The quantitative estimate of drug-likeness (QED) is 0.836. The Labute approximate surface area is 117 Å². The molecule has 0 radical (unpaired) electrons. The van der Waals surface area contributed by atoms with Gasteiger partial charge in [0.15, 0.2) is 0 Å². The van der Waals surface area contributed by atoms with Crippen LogP contribution in [0.3, 0.4) is 0 Å². The second-order valence-electron chi connectivity index (χ2n) is 4.75. The summed E-state index contributed by atoms with van der Waals surface area (Å²) < 4.78 is 5.23. The van der Waals surface area contributed by atoms with E-state index in [0.29, 0.717) is 31.9 Å². The van der Waals surface area contributed by atoms with Crippen LogP contribution in [0.5, 0.6) is 0 Å². The van der Waals surface area contributed by atoms with Gasteiger partial charge in [0.1, 0.15) is 6.04 Å². The number of carbonyl (C=O) groups is 2. The summed E-state index contributed by atoms with van der Waals surface area (Å²) in [6.07, 6.45) is 0. The van der Waals surface area contributed by atoms with Gasteiger partial charge in [-0.3, -0.25) is 9.59 Å². The summed E-state index contributed by atoms with van der Waals surface area (Å²) in [6, 6.07) is 6.42. The molecule has 0 bridgehead atoms. The minimum absolute atomic E-state index is 0.0484. The fraction of sp³-hybridized carbons (Fsp3) is 0.429. The highest BCUT2D eigenvalue weighted by molar-refractivity contribution is 5.93. The Morgan fingerprint density at radius 1 is 1.25 bits per heavy atom. The molecule has 1 aromatic rings. The summed E-state index contributed by atoms with van der Waals surface area (Å²) in [7, 11) is 0. The number of amides is 2. The van der Waals surface area contributed by atoms with Crippen molar-refractivity contribution >= 4 is 17.5 Å². The molecule has 1 fully saturated rings. The van der Waals surface area contributed by atoms with E-state index in [4.69, 9.17) is 10.5 Å². The molecule has 1 heterocycles. The average molecular weight is 277 g/mol. The van der Waals surface area contributed by atoms with Crippen molar-refractivity contribution in [3.8, 4) is 0 Å². The molecule has 0 spiro atoms. The van der Waals surface area contributed by atoms with Gasteiger partial charge in [-0.05, 0) is 31.2 Å². The number of ether oxygens (including phenoxy) is 1. The minimum Gasteiger partial charge on any atom is -0.378 e. The Balaban J connectivity index is 1.94. The van der Waals surface area contributed by atoms with E-state index in [-0.39, 0.29) is 11.9 Å². The van der Waals surface area contributed by atoms with E-state index in [2.05, 4.69) is 5.32 Å². The first-order valence-electron chi connectivity index (χ1n) is 6.61. The van der Waals surface area contributed by atoms with Gasteiger partial charge in [0.2, 0.25) is 11.8 Å². The van der Waals surface area contributed by atoms with E-state index < -0.39 is 5.91 Å². The molecule has 2 amide bonds. The van der Waals surface area contributed by atoms with Gasteiger partial charge in [-0.2, -0.15) is 0 Å². The fourth-order valence-corrected chi connectivity index (χ4v) is 2.10. The summed E-state index contributed by atoms with van der Waals surface area (Å²) in [5.74, 6) is -0.415. The van der Waals surface area contributed by atoms with Crippen molar-refractivity contribution in [3.63, 3.8) is 0 Å². The maximum atomic E-state index is 12.2. The number of nitrogens with zero attached hydrogens (tertiary/aromatic N) is 1. The first kappa shape index (κ1) is 14.3. The van der Waals surface area contributed by atoms with Crippen LogP contribution in [0.2, 0.25) is 0 Å². The standard InChI is InChI=1S/C14H19N3O3/c1-10(14(19)17-6-8-20-9-7-17)16-12-4-2-11(3-5-12)13(15)18/h2-5,10,16H,6-9H2,1H3,(H2,15,18). The van der Waals surface area contributed by atoms with Gasteiger partial charge in [-0.1, -0.05) is 0 Å². The second-order valence-corrected chi connectivity index (χ2v) is 4.75. The van der Waals surface area contributed by atoms with E-state index in [1.807, 2.05) is 6.92 Å². The molecule has 0 aromatic heterocycles. The summed E-state index contributed by atoms with van der Waals surface area (Å²) in [6.45, 7) is 4.26. The number of primary amides is 1. The largest absolute Gasteiger partial charge is 0.378 e. The zero-order valence-electron chi connectivity index (χ0n) is 11.5. The molecule has 108 valence electrons. The molecule has 1 aliphatic rings. The molecule has 1 saturated heterocycles. The highest BCUT2D eigenvalue weighted by Gasteiger charge is 2.22. The molecule has 1 unspecified atom stereocenters. The zero-order valence-corrected chi connectivity index (χ0v) is 11.5. The monoisotopic (exact) mass is 277 g/mol. The first-order valence-corrected chi connectivity index (χ1v) is 6.61. The lowest BCUT2D eigenvalue weighted by Crippen LogP contribution is -2.46. The van der Waals surface area contributed by atoms with Gasteiger partial charge >= 0.3 is 0 Å². The molecule has 20 heavy (non-hydrogen) atoms. The third kappa shape index (κ3) is 3.48. The normalized spacial score (nSPS) is 16.6. The van der Waals surface area contributed by atoms with E-state index in [1.165, 1.54) is 0 Å². The Hall–Kier alpha value is -2.08. The van der Waals surface area contributed by atoms with Crippen LogP contribution in [0.1, 0.15) is 17.3 Å². The number of nitrogens with one attached hydrogen (secondary N) is 1. The molecule has 1 aliphatic heterocycles. The number of rotatable bonds is 4. The van der Waals surface area contributed by atoms with E-state index in [1.54, 1.807) is 29.2 Å². The maximum absolute atomic E-state index is 12.2. The summed E-state index contributed by atoms with van der Waals surface area (Å²) in [5, 5.41) is 3.12. The Morgan fingerprint density at radius 3 is 2.40 bits per heavy atom. The van der Waals surface area contributed by atoms with Crippen LogP contribution in [-0.2, 0) is 9.53 Å². The van der Waals surface area contributed by atoms with Crippen molar-refractivity contribution < 1.29 is 14.3 Å². The number of benzene rings is 1. The van der Waals surface area contributed by atoms with E-state index in [9.17, 15) is 9.59 Å². The van der Waals surface area contributed by atoms with E-state index in [0.717, 1.165) is 5.69 Å². The van der Waals surface area contributed by atoms with Crippen LogP contribution in [0.4, 0.5) is 5.69 Å². The number of carbonyl (C=O) groups excluding carboxylic acids is 2. The summed E-state index contributed by atoms with van der Waals surface area (Å²) in [5.41, 5.74) is 6.41. The van der Waals surface area contributed by atoms with Gasteiger partial charge in [-0.15, -0.1) is 0 Å². The molecule has 0 aliphatic carbocycles. The first-order chi connectivity index (χ1) is 9.58. The Bertz CT molecular complexity index is 481. The van der Waals surface area contributed by atoms with Gasteiger partial charge < -0.3 is 20.7 Å². The lowest BCUT2D eigenvalue weighted by Gasteiger charge is -2.29. The van der Waals surface area contributed by atoms with Crippen molar-refractivity contribution in [3.05, 3.63) is 29.8 Å². The van der Waals surface area contributed by atoms with Gasteiger partial charge in [0.25, 0.3) is 0 Å². The van der Waals surface area contributed by atoms with Crippen LogP contribution in [-0.4, -0.2) is 49.1 Å². The molecule has 0 saturated carbocycles. The van der Waals surface area contributed by atoms with Crippen LogP contribution >= 0.6 is 0 Å². The predicted molar refractivity (Wildman–Crippen MR) is 75.4 cm³/mol. The smallest absolute Gasteiger partial charge is 0.248 e. The Kier molecular flexibility index (Phi) is 4.57. The molecular formula is C14H19N3O3. The molecule has 2 rings (SSSR count). The molecule has 6 nitrogen and oxygen atoms in total. The second kappa shape index (κ2) is 6.38. The zero-order chi connectivity index (χ0) is 14.5. The summed E-state index contributed by atoms with van der Waals surface area (Å²) >= 11 is 0. The van der Waals surface area contributed by atoms with Gasteiger partial charge in [0, 0.05) is 24.3 Å². The number of hydrogen-bond donors (Lipinski definition) is 2. The summed E-state index contributed by atoms with van der Waals surface area (Å²) in [4.78, 5) is 25.0. The number of hydrogen-bond acceptors (Lipinski definition) is 4. The number of morpholine rings is 1. The topological polar surface area (TPSA) is 84.7 Å². The van der Waals surface area contributed by atoms with Crippen molar-refractivity contribution in [2.75, 3.05) is 31.6 Å². The van der Waals surface area contributed by atoms with Crippen LogP contribution in [0.25, 0.3) is 0 Å². The predicted octanol–water partition coefficient (Wildman–Crippen LogP) is 0.445. The third-order valence-electron chi connectivity index (χ3n) is 3.25. The van der Waals surface area contributed by atoms with Crippen LogP contribution < -0.4 is 11.1 Å². The maximum Gasteiger partial charge on any atom is 0.248 e. The lowest BCUT2D eigenvalue weighted by atomic mass is 10.2. The van der Waals surface area contributed by atoms with Crippen molar-refractivity contribution in [1.29, 1.82) is 0 Å². The van der Waals surface area contributed by atoms with Gasteiger partial charge in [-0.25, -0.2) is 0 Å². The average Bonchev–Trinajstić information content (AvgIpc) is 2.48. The third-order valence-corrected chi connectivity index (χ3v) is 3.25. The SMILES string of the molecule is CC(Nc1ccc(C(N)=O)cc1)C(=O)N1CCOCC1. The Morgan fingerprint density at radius 2 is 1.85 bits per heavy atom. The molecule has 1 atom stereocenters. The highest BCUT2D eigenvalue weighted by atomic mass is 16.5. The van der Waals surface area contributed by atoms with Crippen LogP contribution in [0, 0.1) is 0 Å². The molecule has 1 aromatic carbocycles. The molecule has 6 heteroatoms. The van der Waals surface area contributed by atoms with Gasteiger partial charge in [0.05, 0.1) is 13.2 Å². The molecular weight excluding hydrogens is 258 g/mol. The number of nitrogens with two attached hydrogens (primary N) is 1. The van der Waals surface area contributed by atoms with Crippen molar-refractivity contribution in [1.82, 2.24) is 4.90 Å². The van der Waals surface area contributed by atoms with E-state index >= 15 is 0 Å². The van der Waals surface area contributed by atoms with Crippen LogP contribution in [0.15, 0.2) is 24.3 Å². The highest BCUT2D eigenvalue weighted by Crippen LogP contribution is 2.12. The minimum atomic E-state index is -0.464. The fourth-order valence-electron chi connectivity index (χ4n) is 2.10. The lowest BCUT2D eigenvalue weighted by molar-refractivity contribution is -0.135. The number of anilines is 1. The van der Waals surface area contributed by atoms with Crippen molar-refractivity contribution in [2.45, 2.75) is 13.0 Å². The molecule has 3 N–H and O–H groups in total. The van der Waals surface area contributed by atoms with Crippen molar-refractivity contribution in [2.24, 2.45) is 5.73 Å².